The Kier molecular flexibility index (Phi) is 5.88. The highest BCUT2D eigenvalue weighted by molar-refractivity contribution is 5.96. The first-order valence-electron chi connectivity index (χ1n) is 9.90. The van der Waals surface area contributed by atoms with E-state index in [1.54, 1.807) is 18.1 Å². The third-order valence-corrected chi connectivity index (χ3v) is 5.29. The van der Waals surface area contributed by atoms with Crippen molar-refractivity contribution in [3.05, 3.63) is 59.7 Å². The van der Waals surface area contributed by atoms with E-state index in [1.807, 2.05) is 48.5 Å². The molecule has 30 heavy (non-hydrogen) atoms. The van der Waals surface area contributed by atoms with Crippen LogP contribution in [0.5, 0.6) is 11.5 Å². The molecule has 0 unspecified atom stereocenters. The number of anilines is 1. The number of amides is 1. The molecule has 0 spiro atoms. The molecule has 0 aliphatic carbocycles. The Bertz CT molecular complexity index is 946. The zero-order chi connectivity index (χ0) is 20.9. The van der Waals surface area contributed by atoms with Crippen LogP contribution in [0.15, 0.2) is 54.1 Å². The molecule has 7 nitrogen and oxygen atoms in total. The van der Waals surface area contributed by atoms with Crippen LogP contribution < -0.4 is 14.4 Å². The molecule has 1 amide bonds. The Morgan fingerprint density at radius 1 is 1.00 bits per heavy atom. The van der Waals surface area contributed by atoms with Gasteiger partial charge >= 0.3 is 5.97 Å². The Morgan fingerprint density at radius 3 is 2.47 bits per heavy atom. The summed E-state index contributed by atoms with van der Waals surface area (Å²) < 4.78 is 16.0. The van der Waals surface area contributed by atoms with Crippen LogP contribution in [-0.2, 0) is 14.3 Å². The number of esters is 1. The van der Waals surface area contributed by atoms with Crippen molar-refractivity contribution in [2.24, 2.45) is 0 Å². The molecule has 2 aliphatic rings. The molecule has 156 valence electrons. The molecule has 2 aromatic carbocycles. The fourth-order valence-electron chi connectivity index (χ4n) is 3.55. The number of para-hydroxylation sites is 1. The fourth-order valence-corrected chi connectivity index (χ4v) is 3.55. The third-order valence-electron chi connectivity index (χ3n) is 5.29. The molecule has 0 bridgehead atoms. The highest BCUT2D eigenvalue weighted by Gasteiger charge is 2.24. The number of rotatable bonds is 5. The fraction of sp³-hybridized carbons (Fsp3) is 0.304. The molecule has 0 saturated carbocycles. The average Bonchev–Trinajstić information content (AvgIpc) is 2.82. The van der Waals surface area contributed by atoms with Crippen molar-refractivity contribution in [1.82, 2.24) is 4.90 Å². The molecule has 0 aromatic heterocycles. The summed E-state index contributed by atoms with van der Waals surface area (Å²) in [5.41, 5.74) is 2.33. The van der Waals surface area contributed by atoms with Crippen LogP contribution >= 0.6 is 0 Å². The van der Waals surface area contributed by atoms with E-state index >= 15 is 0 Å². The lowest BCUT2D eigenvalue weighted by Gasteiger charge is -2.36. The molecule has 0 radical (unpaired) electrons. The number of carbonyl (C=O) groups is 2. The smallest absolute Gasteiger partial charge is 0.338 e. The van der Waals surface area contributed by atoms with Gasteiger partial charge in [0.15, 0.2) is 6.61 Å². The minimum absolute atomic E-state index is 0.143. The summed E-state index contributed by atoms with van der Waals surface area (Å²) >= 11 is 0. The van der Waals surface area contributed by atoms with Gasteiger partial charge in [-0.2, -0.15) is 0 Å². The number of piperazine rings is 1. The van der Waals surface area contributed by atoms with Crippen molar-refractivity contribution in [2.75, 3.05) is 51.4 Å². The van der Waals surface area contributed by atoms with Crippen LogP contribution in [0.1, 0.15) is 5.56 Å². The maximum Gasteiger partial charge on any atom is 0.338 e. The highest BCUT2D eigenvalue weighted by Crippen LogP contribution is 2.26. The van der Waals surface area contributed by atoms with Crippen molar-refractivity contribution >= 4 is 23.6 Å². The van der Waals surface area contributed by atoms with Crippen LogP contribution in [0.3, 0.4) is 0 Å². The van der Waals surface area contributed by atoms with Gasteiger partial charge in [0.2, 0.25) is 0 Å². The summed E-state index contributed by atoms with van der Waals surface area (Å²) in [4.78, 5) is 28.7. The van der Waals surface area contributed by atoms with E-state index in [9.17, 15) is 9.59 Å². The maximum absolute atomic E-state index is 12.5. The summed E-state index contributed by atoms with van der Waals surface area (Å²) in [6.07, 6.45) is 1.75. The van der Waals surface area contributed by atoms with E-state index in [1.165, 1.54) is 0 Å². The zero-order valence-corrected chi connectivity index (χ0v) is 16.9. The molecule has 4 rings (SSSR count). The van der Waals surface area contributed by atoms with E-state index < -0.39 is 5.97 Å². The van der Waals surface area contributed by atoms with Crippen LogP contribution in [0.25, 0.3) is 6.08 Å². The van der Waals surface area contributed by atoms with Gasteiger partial charge in [0.25, 0.3) is 5.91 Å². The molecule has 0 atom stereocenters. The van der Waals surface area contributed by atoms with Gasteiger partial charge < -0.3 is 24.0 Å². The van der Waals surface area contributed by atoms with Gasteiger partial charge in [0.1, 0.15) is 18.1 Å². The first-order valence-corrected chi connectivity index (χ1v) is 9.90. The van der Waals surface area contributed by atoms with Crippen LogP contribution in [-0.4, -0.2) is 63.3 Å². The second-order valence-electron chi connectivity index (χ2n) is 7.14. The summed E-state index contributed by atoms with van der Waals surface area (Å²) in [6.45, 7) is 2.50. The lowest BCUT2D eigenvalue weighted by atomic mass is 10.1. The Morgan fingerprint density at radius 2 is 1.73 bits per heavy atom. The predicted octanol–water partition coefficient (Wildman–Crippen LogP) is 2.36. The van der Waals surface area contributed by atoms with Crippen molar-refractivity contribution in [1.29, 1.82) is 0 Å². The van der Waals surface area contributed by atoms with Crippen molar-refractivity contribution < 1.29 is 23.8 Å². The second kappa shape index (κ2) is 8.90. The van der Waals surface area contributed by atoms with E-state index in [4.69, 9.17) is 14.2 Å². The molecule has 2 aromatic rings. The molecular formula is C23H24N2O5. The van der Waals surface area contributed by atoms with Gasteiger partial charge in [-0.3, -0.25) is 4.79 Å². The number of carbonyl (C=O) groups excluding carboxylic acids is 2. The van der Waals surface area contributed by atoms with Gasteiger partial charge in [-0.05, 0) is 36.4 Å². The van der Waals surface area contributed by atoms with Crippen LogP contribution in [0.2, 0.25) is 0 Å². The molecule has 0 N–H and O–H groups in total. The van der Waals surface area contributed by atoms with Crippen molar-refractivity contribution in [3.63, 3.8) is 0 Å². The lowest BCUT2D eigenvalue weighted by molar-refractivity contribution is -0.149. The number of fused-ring (bicyclic) bond motifs is 1. The molecule has 2 aliphatic heterocycles. The molecule has 1 fully saturated rings. The second-order valence-corrected chi connectivity index (χ2v) is 7.14. The first kappa shape index (κ1) is 19.8. The Balaban J connectivity index is 1.26. The van der Waals surface area contributed by atoms with Gasteiger partial charge in [-0.25, -0.2) is 4.79 Å². The number of ether oxygens (including phenoxy) is 3. The number of nitrogens with zero attached hydrogens (tertiary/aromatic N) is 2. The quantitative estimate of drug-likeness (QED) is 0.708. The first-order chi connectivity index (χ1) is 14.6. The van der Waals surface area contributed by atoms with Gasteiger partial charge in [0.05, 0.1) is 12.7 Å². The van der Waals surface area contributed by atoms with Crippen molar-refractivity contribution in [2.45, 2.75) is 0 Å². The minimum Gasteiger partial charge on any atom is -0.497 e. The molecular weight excluding hydrogens is 384 g/mol. The maximum atomic E-state index is 12.5. The van der Waals surface area contributed by atoms with E-state index in [0.717, 1.165) is 35.8 Å². The summed E-state index contributed by atoms with van der Waals surface area (Å²) in [5, 5.41) is 0. The SMILES string of the molecule is COc1ccc(N2CCN(C(=O)COC(=O)C3=Cc4ccccc4OC3)CC2)cc1. The summed E-state index contributed by atoms with van der Waals surface area (Å²) in [6, 6.07) is 15.3. The van der Waals surface area contributed by atoms with E-state index in [0.29, 0.717) is 18.7 Å². The lowest BCUT2D eigenvalue weighted by Crippen LogP contribution is -2.50. The van der Waals surface area contributed by atoms with Crippen LogP contribution in [0, 0.1) is 0 Å². The predicted molar refractivity (Wildman–Crippen MR) is 113 cm³/mol. The van der Waals surface area contributed by atoms with Gasteiger partial charge in [0, 0.05) is 37.4 Å². The molecule has 2 heterocycles. The minimum atomic E-state index is -0.519. The largest absolute Gasteiger partial charge is 0.497 e. The summed E-state index contributed by atoms with van der Waals surface area (Å²) in [5.74, 6) is 0.849. The number of benzene rings is 2. The van der Waals surface area contributed by atoms with Crippen LogP contribution in [0.4, 0.5) is 5.69 Å². The Hall–Kier alpha value is -3.48. The molecule has 7 heteroatoms. The average molecular weight is 408 g/mol. The molecule has 1 saturated heterocycles. The summed E-state index contributed by atoms with van der Waals surface area (Å²) in [7, 11) is 1.64. The van der Waals surface area contributed by atoms with E-state index in [-0.39, 0.29) is 19.1 Å². The zero-order valence-electron chi connectivity index (χ0n) is 16.9. The number of hydrogen-bond acceptors (Lipinski definition) is 6. The topological polar surface area (TPSA) is 68.3 Å². The standard InChI is InChI=1S/C23H24N2O5/c1-28-20-8-6-19(7-9-20)24-10-12-25(13-11-24)22(26)16-30-23(27)18-14-17-4-2-3-5-21(17)29-15-18/h2-9,14H,10-13,15-16H2,1H3. The van der Waals surface area contributed by atoms with E-state index in [2.05, 4.69) is 4.90 Å². The van der Waals surface area contributed by atoms with Crippen molar-refractivity contribution in [3.8, 4) is 11.5 Å². The normalized spacial score (nSPS) is 15.6. The third kappa shape index (κ3) is 4.40. The monoisotopic (exact) mass is 408 g/mol. The van der Waals surface area contributed by atoms with Gasteiger partial charge in [-0.1, -0.05) is 18.2 Å². The Labute approximate surface area is 175 Å². The highest BCUT2D eigenvalue weighted by atomic mass is 16.5. The number of hydrogen-bond donors (Lipinski definition) is 0. The number of methoxy groups -OCH3 is 1. The van der Waals surface area contributed by atoms with Gasteiger partial charge in [-0.15, -0.1) is 0 Å².